The summed E-state index contributed by atoms with van der Waals surface area (Å²) in [5.41, 5.74) is 6.72. The number of hydrogen-bond acceptors (Lipinski definition) is 2. The van der Waals surface area contributed by atoms with Gasteiger partial charge in [-0.2, -0.15) is 0 Å². The summed E-state index contributed by atoms with van der Waals surface area (Å²) in [6, 6.07) is 5.12. The molecule has 2 rings (SSSR count). The third-order valence-corrected chi connectivity index (χ3v) is 3.89. The summed E-state index contributed by atoms with van der Waals surface area (Å²) in [6.07, 6.45) is 1.23. The normalized spacial score (nSPS) is 26.1. The average molecular weight is 236 g/mol. The van der Waals surface area contributed by atoms with Crippen molar-refractivity contribution in [3.05, 3.63) is 29.6 Å². The predicted octanol–water partition coefficient (Wildman–Crippen LogP) is 2.89. The molecular weight excluding hydrogens is 215 g/mol. The minimum absolute atomic E-state index is 0.231. The molecule has 1 saturated heterocycles. The Bertz CT molecular complexity index is 392. The number of hydrogen-bond donors (Lipinski definition) is 1. The number of nitrogen functional groups attached to an aromatic ring is 1. The van der Waals surface area contributed by atoms with Crippen LogP contribution in [0.2, 0.25) is 0 Å². The molecule has 17 heavy (non-hydrogen) atoms. The number of nitrogens with two attached hydrogens (primary N) is 1. The molecule has 0 aromatic heterocycles. The van der Waals surface area contributed by atoms with Crippen LogP contribution in [0.25, 0.3) is 0 Å². The summed E-state index contributed by atoms with van der Waals surface area (Å²) in [4.78, 5) is 2.40. The first-order valence-corrected chi connectivity index (χ1v) is 6.32. The minimum Gasteiger partial charge on any atom is -0.396 e. The van der Waals surface area contributed by atoms with Gasteiger partial charge in [-0.05, 0) is 42.5 Å². The molecule has 0 radical (unpaired) electrons. The van der Waals surface area contributed by atoms with Crippen LogP contribution in [-0.2, 0) is 6.54 Å². The predicted molar refractivity (Wildman–Crippen MR) is 69.0 cm³/mol. The smallest absolute Gasteiger partial charge is 0.146 e. The Balaban J connectivity index is 1.99. The van der Waals surface area contributed by atoms with Crippen molar-refractivity contribution < 1.29 is 4.39 Å². The fraction of sp³-hybridized carbons (Fsp3) is 0.571. The molecular formula is C14H21FN2. The second-order valence-electron chi connectivity index (χ2n) is 5.33. The molecule has 2 N–H and O–H groups in total. The highest BCUT2D eigenvalue weighted by molar-refractivity contribution is 5.41. The maximum absolute atomic E-state index is 13.3. The number of rotatable bonds is 2. The highest BCUT2D eigenvalue weighted by atomic mass is 19.1. The van der Waals surface area contributed by atoms with Gasteiger partial charge in [0, 0.05) is 13.1 Å². The Morgan fingerprint density at radius 2 is 2.12 bits per heavy atom. The van der Waals surface area contributed by atoms with Gasteiger partial charge in [-0.15, -0.1) is 0 Å². The minimum atomic E-state index is -0.305. The fourth-order valence-electron chi connectivity index (χ4n) is 2.42. The van der Waals surface area contributed by atoms with Crippen LogP contribution in [0, 0.1) is 17.7 Å². The van der Waals surface area contributed by atoms with Crippen LogP contribution < -0.4 is 5.73 Å². The van der Waals surface area contributed by atoms with E-state index in [-0.39, 0.29) is 11.5 Å². The molecule has 1 aliphatic rings. The molecule has 1 aliphatic heterocycles. The van der Waals surface area contributed by atoms with Crippen molar-refractivity contribution in [3.63, 3.8) is 0 Å². The first-order valence-electron chi connectivity index (χ1n) is 6.32. The molecule has 2 unspecified atom stereocenters. The van der Waals surface area contributed by atoms with Gasteiger partial charge < -0.3 is 5.73 Å². The van der Waals surface area contributed by atoms with Crippen molar-refractivity contribution in [2.75, 3.05) is 18.8 Å². The molecule has 3 heteroatoms. The monoisotopic (exact) mass is 236 g/mol. The lowest BCUT2D eigenvalue weighted by Gasteiger charge is -2.35. The van der Waals surface area contributed by atoms with Gasteiger partial charge in [0.2, 0.25) is 0 Å². The molecule has 1 aromatic carbocycles. The molecule has 94 valence electrons. The lowest BCUT2D eigenvalue weighted by molar-refractivity contribution is 0.132. The first kappa shape index (κ1) is 12.4. The van der Waals surface area contributed by atoms with Crippen LogP contribution in [0.15, 0.2) is 18.2 Å². The number of anilines is 1. The van der Waals surface area contributed by atoms with Crippen LogP contribution in [-0.4, -0.2) is 18.0 Å². The van der Waals surface area contributed by atoms with Gasteiger partial charge in [-0.3, -0.25) is 4.90 Å². The van der Waals surface area contributed by atoms with Crippen molar-refractivity contribution in [2.45, 2.75) is 26.8 Å². The van der Waals surface area contributed by atoms with E-state index in [9.17, 15) is 4.39 Å². The molecule has 1 aromatic rings. The molecule has 0 spiro atoms. The van der Waals surface area contributed by atoms with Gasteiger partial charge in [0.1, 0.15) is 5.82 Å². The Kier molecular flexibility index (Phi) is 3.67. The zero-order valence-corrected chi connectivity index (χ0v) is 10.6. The van der Waals surface area contributed by atoms with E-state index in [0.29, 0.717) is 0 Å². The Hall–Kier alpha value is -1.09. The summed E-state index contributed by atoms with van der Waals surface area (Å²) in [5.74, 6) is 1.22. The average Bonchev–Trinajstić information content (AvgIpc) is 2.29. The molecule has 0 saturated carbocycles. The van der Waals surface area contributed by atoms with E-state index in [0.717, 1.165) is 37.0 Å². The van der Waals surface area contributed by atoms with E-state index in [1.807, 2.05) is 6.07 Å². The maximum Gasteiger partial charge on any atom is 0.146 e. The van der Waals surface area contributed by atoms with Crippen molar-refractivity contribution in [1.82, 2.24) is 4.90 Å². The number of nitrogens with zero attached hydrogens (tertiary/aromatic N) is 1. The number of halogens is 1. The zero-order valence-electron chi connectivity index (χ0n) is 10.6. The third kappa shape index (κ3) is 2.97. The van der Waals surface area contributed by atoms with Gasteiger partial charge in [-0.25, -0.2) is 4.39 Å². The van der Waals surface area contributed by atoms with Gasteiger partial charge in [0.25, 0.3) is 0 Å². The lowest BCUT2D eigenvalue weighted by Crippen LogP contribution is -2.37. The fourth-order valence-corrected chi connectivity index (χ4v) is 2.42. The number of likely N-dealkylation sites (tertiary alicyclic amines) is 1. The molecule has 2 atom stereocenters. The Morgan fingerprint density at radius 1 is 1.35 bits per heavy atom. The highest BCUT2D eigenvalue weighted by Gasteiger charge is 2.22. The van der Waals surface area contributed by atoms with Crippen LogP contribution in [0.5, 0.6) is 0 Å². The van der Waals surface area contributed by atoms with E-state index in [1.54, 1.807) is 12.1 Å². The van der Waals surface area contributed by atoms with Gasteiger partial charge in [-0.1, -0.05) is 19.9 Å². The van der Waals surface area contributed by atoms with Gasteiger partial charge in [0.15, 0.2) is 0 Å². The van der Waals surface area contributed by atoms with Crippen molar-refractivity contribution in [3.8, 4) is 0 Å². The largest absolute Gasteiger partial charge is 0.396 e. The SMILES string of the molecule is CC1CCN(Cc2ccc(N)c(F)c2)CC1C. The Morgan fingerprint density at radius 3 is 2.76 bits per heavy atom. The summed E-state index contributed by atoms with van der Waals surface area (Å²) < 4.78 is 13.3. The molecule has 2 nitrogen and oxygen atoms in total. The van der Waals surface area contributed by atoms with Crippen molar-refractivity contribution >= 4 is 5.69 Å². The van der Waals surface area contributed by atoms with Gasteiger partial charge >= 0.3 is 0 Å². The molecule has 0 amide bonds. The third-order valence-electron chi connectivity index (χ3n) is 3.89. The number of benzene rings is 1. The topological polar surface area (TPSA) is 29.3 Å². The quantitative estimate of drug-likeness (QED) is 0.800. The van der Waals surface area contributed by atoms with Gasteiger partial charge in [0.05, 0.1) is 5.69 Å². The first-order chi connectivity index (χ1) is 8.06. The highest BCUT2D eigenvalue weighted by Crippen LogP contribution is 2.24. The van der Waals surface area contributed by atoms with Crippen molar-refractivity contribution in [2.24, 2.45) is 11.8 Å². The van der Waals surface area contributed by atoms with E-state index < -0.39 is 0 Å². The van der Waals surface area contributed by atoms with Crippen molar-refractivity contribution in [1.29, 1.82) is 0 Å². The van der Waals surface area contributed by atoms with Crippen LogP contribution in [0.1, 0.15) is 25.8 Å². The Labute approximate surface area is 103 Å². The molecule has 0 aliphatic carbocycles. The standard InChI is InChI=1S/C14H21FN2/c1-10-5-6-17(8-11(10)2)9-12-3-4-14(16)13(15)7-12/h3-4,7,10-11H,5-6,8-9,16H2,1-2H3. The zero-order chi connectivity index (χ0) is 12.4. The van der Waals surface area contributed by atoms with E-state index in [1.165, 1.54) is 6.42 Å². The number of piperidine rings is 1. The summed E-state index contributed by atoms with van der Waals surface area (Å²) >= 11 is 0. The van der Waals surface area contributed by atoms with Crippen LogP contribution in [0.3, 0.4) is 0 Å². The second kappa shape index (κ2) is 5.05. The summed E-state index contributed by atoms with van der Waals surface area (Å²) in [5, 5.41) is 0. The lowest BCUT2D eigenvalue weighted by atomic mass is 9.88. The van der Waals surface area contributed by atoms with E-state index in [4.69, 9.17) is 5.73 Å². The van der Waals surface area contributed by atoms with E-state index in [2.05, 4.69) is 18.7 Å². The maximum atomic E-state index is 13.3. The van der Waals surface area contributed by atoms with Crippen LogP contribution >= 0.6 is 0 Å². The molecule has 1 fully saturated rings. The van der Waals surface area contributed by atoms with E-state index >= 15 is 0 Å². The second-order valence-corrected chi connectivity index (χ2v) is 5.33. The van der Waals surface area contributed by atoms with Crippen LogP contribution in [0.4, 0.5) is 10.1 Å². The molecule has 0 bridgehead atoms. The summed E-state index contributed by atoms with van der Waals surface area (Å²) in [7, 11) is 0. The molecule has 1 heterocycles. The summed E-state index contributed by atoms with van der Waals surface area (Å²) in [6.45, 7) is 7.64.